The van der Waals surface area contributed by atoms with Gasteiger partial charge in [0.15, 0.2) is 0 Å². The second kappa shape index (κ2) is 6.67. The molecule has 1 aliphatic heterocycles. The number of nitrogens with two attached hydrogens (primary N) is 1. The van der Waals surface area contributed by atoms with Crippen LogP contribution in [0.25, 0.3) is 0 Å². The Bertz CT molecular complexity index is 196. The number of nitrogens with zero attached hydrogens (tertiary/aromatic N) is 2. The molecule has 0 spiro atoms. The van der Waals surface area contributed by atoms with E-state index in [1.165, 1.54) is 25.8 Å². The normalized spacial score (nSPS) is 18.9. The molecule has 1 aliphatic rings. The zero-order chi connectivity index (χ0) is 11.1. The van der Waals surface area contributed by atoms with Crippen molar-refractivity contribution in [1.82, 2.24) is 9.80 Å². The van der Waals surface area contributed by atoms with Crippen LogP contribution in [0, 0.1) is 0 Å². The number of amides is 2. The van der Waals surface area contributed by atoms with E-state index in [0.717, 1.165) is 32.6 Å². The highest BCUT2D eigenvalue weighted by molar-refractivity contribution is 5.71. The van der Waals surface area contributed by atoms with Crippen molar-refractivity contribution >= 4 is 6.03 Å². The lowest BCUT2D eigenvalue weighted by molar-refractivity contribution is 0.207. The lowest BCUT2D eigenvalue weighted by atomic mass is 10.2. The number of hydrogen-bond acceptors (Lipinski definition) is 2. The average Bonchev–Trinajstić information content (AvgIpc) is 2.44. The number of carbonyl (C=O) groups is 1. The van der Waals surface area contributed by atoms with Crippen LogP contribution in [-0.2, 0) is 0 Å². The smallest absolute Gasteiger partial charge is 0.314 e. The monoisotopic (exact) mass is 213 g/mol. The Labute approximate surface area is 92.4 Å². The van der Waals surface area contributed by atoms with E-state index in [9.17, 15) is 4.79 Å². The third kappa shape index (κ3) is 4.51. The number of hydrogen-bond donors (Lipinski definition) is 1. The van der Waals surface area contributed by atoms with Gasteiger partial charge in [-0.05, 0) is 25.9 Å². The highest BCUT2D eigenvalue weighted by Crippen LogP contribution is 2.05. The van der Waals surface area contributed by atoms with E-state index in [4.69, 9.17) is 5.73 Å². The first kappa shape index (κ1) is 12.3. The maximum atomic E-state index is 11.0. The largest absolute Gasteiger partial charge is 0.351 e. The quantitative estimate of drug-likeness (QED) is 0.715. The molecule has 4 nitrogen and oxygen atoms in total. The SMILES string of the molecule is CCCCCN1CCCN(C(N)=O)CC1. The highest BCUT2D eigenvalue weighted by atomic mass is 16.2. The van der Waals surface area contributed by atoms with E-state index in [1.54, 1.807) is 4.90 Å². The van der Waals surface area contributed by atoms with Crippen LogP contribution < -0.4 is 5.73 Å². The molecule has 0 radical (unpaired) electrons. The van der Waals surface area contributed by atoms with E-state index in [0.29, 0.717) is 0 Å². The summed E-state index contributed by atoms with van der Waals surface area (Å²) in [5.41, 5.74) is 5.27. The summed E-state index contributed by atoms with van der Waals surface area (Å²) < 4.78 is 0. The Hall–Kier alpha value is -0.770. The Morgan fingerprint density at radius 2 is 2.00 bits per heavy atom. The van der Waals surface area contributed by atoms with Gasteiger partial charge in [-0.1, -0.05) is 19.8 Å². The van der Waals surface area contributed by atoms with Crippen molar-refractivity contribution in [3.63, 3.8) is 0 Å². The van der Waals surface area contributed by atoms with Crippen LogP contribution in [-0.4, -0.2) is 48.6 Å². The summed E-state index contributed by atoms with van der Waals surface area (Å²) in [7, 11) is 0. The molecule has 15 heavy (non-hydrogen) atoms. The predicted molar refractivity (Wildman–Crippen MR) is 61.7 cm³/mol. The van der Waals surface area contributed by atoms with Crippen LogP contribution in [0.3, 0.4) is 0 Å². The van der Waals surface area contributed by atoms with Gasteiger partial charge in [0.1, 0.15) is 0 Å². The third-order valence-electron chi connectivity index (χ3n) is 2.98. The van der Waals surface area contributed by atoms with Gasteiger partial charge in [-0.2, -0.15) is 0 Å². The maximum absolute atomic E-state index is 11.0. The van der Waals surface area contributed by atoms with Crippen molar-refractivity contribution < 1.29 is 4.79 Å². The Morgan fingerprint density at radius 3 is 2.67 bits per heavy atom. The fraction of sp³-hybridized carbons (Fsp3) is 0.909. The Morgan fingerprint density at radius 1 is 1.20 bits per heavy atom. The second-order valence-corrected chi connectivity index (χ2v) is 4.23. The van der Waals surface area contributed by atoms with Crippen LogP contribution in [0.15, 0.2) is 0 Å². The first-order valence-electron chi connectivity index (χ1n) is 6.00. The lowest BCUT2D eigenvalue weighted by Crippen LogP contribution is -2.38. The van der Waals surface area contributed by atoms with E-state index in [-0.39, 0.29) is 6.03 Å². The summed E-state index contributed by atoms with van der Waals surface area (Å²) in [5, 5.41) is 0. The van der Waals surface area contributed by atoms with Gasteiger partial charge in [0, 0.05) is 19.6 Å². The number of primary amides is 1. The van der Waals surface area contributed by atoms with E-state index in [1.807, 2.05) is 0 Å². The van der Waals surface area contributed by atoms with Crippen molar-refractivity contribution in [2.75, 3.05) is 32.7 Å². The van der Waals surface area contributed by atoms with E-state index >= 15 is 0 Å². The van der Waals surface area contributed by atoms with Gasteiger partial charge in [0.25, 0.3) is 0 Å². The van der Waals surface area contributed by atoms with Crippen LogP contribution in [0.5, 0.6) is 0 Å². The fourth-order valence-electron chi connectivity index (χ4n) is 2.00. The molecule has 0 saturated carbocycles. The third-order valence-corrected chi connectivity index (χ3v) is 2.98. The van der Waals surface area contributed by atoms with Gasteiger partial charge in [0.05, 0.1) is 0 Å². The van der Waals surface area contributed by atoms with Crippen molar-refractivity contribution in [2.24, 2.45) is 5.73 Å². The standard InChI is InChI=1S/C11H23N3O/c1-2-3-4-6-13-7-5-8-14(10-9-13)11(12)15/h2-10H2,1H3,(H2,12,15). The van der Waals surface area contributed by atoms with Crippen LogP contribution in [0.4, 0.5) is 4.79 Å². The van der Waals surface area contributed by atoms with Gasteiger partial charge in [-0.25, -0.2) is 4.79 Å². The molecule has 2 amide bonds. The average molecular weight is 213 g/mol. The fourth-order valence-corrected chi connectivity index (χ4v) is 2.00. The summed E-state index contributed by atoms with van der Waals surface area (Å²) >= 11 is 0. The molecule has 0 aliphatic carbocycles. The zero-order valence-electron chi connectivity index (χ0n) is 9.74. The number of urea groups is 1. The van der Waals surface area contributed by atoms with Gasteiger partial charge in [0.2, 0.25) is 0 Å². The molecule has 0 aromatic heterocycles. The number of carbonyl (C=O) groups excluding carboxylic acids is 1. The first-order chi connectivity index (χ1) is 7.24. The lowest BCUT2D eigenvalue weighted by Gasteiger charge is -2.20. The summed E-state index contributed by atoms with van der Waals surface area (Å²) in [6.45, 7) is 7.08. The van der Waals surface area contributed by atoms with Crippen LogP contribution >= 0.6 is 0 Å². The molecule has 1 rings (SSSR count). The minimum absolute atomic E-state index is 0.273. The Balaban J connectivity index is 2.23. The summed E-state index contributed by atoms with van der Waals surface area (Å²) in [6.07, 6.45) is 4.89. The molecule has 2 N–H and O–H groups in total. The molecule has 0 unspecified atom stereocenters. The van der Waals surface area contributed by atoms with E-state index in [2.05, 4.69) is 11.8 Å². The van der Waals surface area contributed by atoms with E-state index < -0.39 is 0 Å². The maximum Gasteiger partial charge on any atom is 0.314 e. The van der Waals surface area contributed by atoms with Crippen LogP contribution in [0.1, 0.15) is 32.6 Å². The summed E-state index contributed by atoms with van der Waals surface area (Å²) in [5.74, 6) is 0. The molecule has 1 fully saturated rings. The van der Waals surface area contributed by atoms with Crippen LogP contribution in [0.2, 0.25) is 0 Å². The van der Waals surface area contributed by atoms with Crippen molar-refractivity contribution in [3.8, 4) is 0 Å². The molecule has 0 atom stereocenters. The number of rotatable bonds is 4. The molecule has 88 valence electrons. The molecular weight excluding hydrogens is 190 g/mol. The predicted octanol–water partition coefficient (Wildman–Crippen LogP) is 1.26. The van der Waals surface area contributed by atoms with Gasteiger partial charge < -0.3 is 15.5 Å². The minimum Gasteiger partial charge on any atom is -0.351 e. The molecule has 0 aromatic rings. The van der Waals surface area contributed by atoms with Gasteiger partial charge >= 0.3 is 6.03 Å². The molecule has 0 aromatic carbocycles. The van der Waals surface area contributed by atoms with Crippen molar-refractivity contribution in [3.05, 3.63) is 0 Å². The molecule has 1 heterocycles. The molecule has 0 bridgehead atoms. The van der Waals surface area contributed by atoms with Crippen molar-refractivity contribution in [2.45, 2.75) is 32.6 Å². The second-order valence-electron chi connectivity index (χ2n) is 4.23. The van der Waals surface area contributed by atoms with Crippen molar-refractivity contribution in [1.29, 1.82) is 0 Å². The Kier molecular flexibility index (Phi) is 5.47. The topological polar surface area (TPSA) is 49.6 Å². The summed E-state index contributed by atoms with van der Waals surface area (Å²) in [6, 6.07) is -0.273. The van der Waals surface area contributed by atoms with Gasteiger partial charge in [-0.3, -0.25) is 0 Å². The first-order valence-corrected chi connectivity index (χ1v) is 6.00. The minimum atomic E-state index is -0.273. The highest BCUT2D eigenvalue weighted by Gasteiger charge is 2.16. The zero-order valence-corrected chi connectivity index (χ0v) is 9.74. The molecule has 1 saturated heterocycles. The summed E-state index contributed by atoms with van der Waals surface area (Å²) in [4.78, 5) is 15.2. The molecule has 4 heteroatoms. The molecular formula is C11H23N3O. The number of unbranched alkanes of at least 4 members (excludes halogenated alkanes) is 2. The van der Waals surface area contributed by atoms with Gasteiger partial charge in [-0.15, -0.1) is 0 Å².